The number of ether oxygens (including phenoxy) is 2. The first-order chi connectivity index (χ1) is 18.1. The molecule has 0 radical (unpaired) electrons. The molecule has 1 amide bonds. The van der Waals surface area contributed by atoms with Gasteiger partial charge in [0.2, 0.25) is 5.91 Å². The summed E-state index contributed by atoms with van der Waals surface area (Å²) in [5.74, 6) is 2.87. The third-order valence-corrected chi connectivity index (χ3v) is 7.06. The van der Waals surface area contributed by atoms with E-state index in [4.69, 9.17) is 14.5 Å². The van der Waals surface area contributed by atoms with Crippen LogP contribution in [-0.2, 0) is 11.3 Å². The number of carbonyl (C=O) groups is 1. The van der Waals surface area contributed by atoms with E-state index in [-0.39, 0.29) is 11.8 Å². The molecular weight excluding hydrogens is 462 g/mol. The Balaban J connectivity index is 1.31. The summed E-state index contributed by atoms with van der Waals surface area (Å²) < 4.78 is 14.2. The van der Waals surface area contributed by atoms with E-state index in [9.17, 15) is 4.79 Å². The number of aryl methyl sites for hydroxylation is 3. The van der Waals surface area contributed by atoms with Crippen molar-refractivity contribution in [1.29, 1.82) is 0 Å². The van der Waals surface area contributed by atoms with Crippen molar-refractivity contribution in [3.8, 4) is 11.5 Å². The maximum absolute atomic E-state index is 13.1. The van der Waals surface area contributed by atoms with E-state index in [1.54, 1.807) is 0 Å². The summed E-state index contributed by atoms with van der Waals surface area (Å²) in [5.41, 5.74) is 5.27. The van der Waals surface area contributed by atoms with Crippen LogP contribution >= 0.6 is 0 Å². The van der Waals surface area contributed by atoms with E-state index >= 15 is 0 Å². The third kappa shape index (κ3) is 5.19. The summed E-state index contributed by atoms with van der Waals surface area (Å²) in [7, 11) is 0. The van der Waals surface area contributed by atoms with Gasteiger partial charge in [0.05, 0.1) is 29.9 Å². The van der Waals surface area contributed by atoms with E-state index in [1.165, 1.54) is 11.1 Å². The van der Waals surface area contributed by atoms with Crippen LogP contribution in [0.1, 0.15) is 49.1 Å². The summed E-state index contributed by atoms with van der Waals surface area (Å²) >= 11 is 0. The minimum Gasteiger partial charge on any atom is -0.493 e. The lowest BCUT2D eigenvalue weighted by molar-refractivity contribution is -0.117. The van der Waals surface area contributed by atoms with Crippen LogP contribution in [0.4, 0.5) is 5.69 Å². The monoisotopic (exact) mass is 497 g/mol. The van der Waals surface area contributed by atoms with Gasteiger partial charge in [-0.25, -0.2) is 4.98 Å². The number of benzene rings is 3. The molecular formula is C31H35N3O3. The largest absolute Gasteiger partial charge is 0.493 e. The first-order valence-corrected chi connectivity index (χ1v) is 13.2. The molecule has 1 saturated heterocycles. The van der Waals surface area contributed by atoms with Gasteiger partial charge in [0, 0.05) is 25.4 Å². The molecule has 0 spiro atoms. The van der Waals surface area contributed by atoms with Crippen molar-refractivity contribution in [3.05, 3.63) is 83.7 Å². The normalized spacial score (nSPS) is 15.5. The summed E-state index contributed by atoms with van der Waals surface area (Å²) in [4.78, 5) is 20.0. The number of imidazole rings is 1. The van der Waals surface area contributed by atoms with Gasteiger partial charge in [0.25, 0.3) is 0 Å². The van der Waals surface area contributed by atoms with Crippen LogP contribution < -0.4 is 14.4 Å². The van der Waals surface area contributed by atoms with Crippen LogP contribution in [0.15, 0.2) is 66.7 Å². The third-order valence-electron chi connectivity index (χ3n) is 7.06. The highest BCUT2D eigenvalue weighted by Gasteiger charge is 2.35. The number of hydrogen-bond donors (Lipinski definition) is 0. The van der Waals surface area contributed by atoms with Crippen LogP contribution in [0.25, 0.3) is 11.0 Å². The van der Waals surface area contributed by atoms with Gasteiger partial charge in [-0.1, -0.05) is 42.5 Å². The molecule has 2 heterocycles. The van der Waals surface area contributed by atoms with Gasteiger partial charge in [-0.05, 0) is 69.0 Å². The van der Waals surface area contributed by atoms with Gasteiger partial charge in [-0.2, -0.15) is 0 Å². The topological polar surface area (TPSA) is 56.6 Å². The van der Waals surface area contributed by atoms with Crippen LogP contribution in [0.5, 0.6) is 11.5 Å². The Kier molecular flexibility index (Phi) is 7.45. The molecule has 0 saturated carbocycles. The number of amides is 1. The van der Waals surface area contributed by atoms with Gasteiger partial charge in [-0.15, -0.1) is 0 Å². The van der Waals surface area contributed by atoms with Crippen LogP contribution in [0.3, 0.4) is 0 Å². The van der Waals surface area contributed by atoms with Crippen molar-refractivity contribution in [3.63, 3.8) is 0 Å². The molecule has 1 fully saturated rings. The highest BCUT2D eigenvalue weighted by Crippen LogP contribution is 2.37. The quantitative estimate of drug-likeness (QED) is 0.237. The Bertz CT molecular complexity index is 1370. The Morgan fingerprint density at radius 3 is 2.49 bits per heavy atom. The van der Waals surface area contributed by atoms with Crippen molar-refractivity contribution in [2.24, 2.45) is 0 Å². The number of para-hydroxylation sites is 5. The number of nitrogens with zero attached hydrogens (tertiary/aromatic N) is 3. The second-order valence-corrected chi connectivity index (χ2v) is 9.69. The average molecular weight is 498 g/mol. The van der Waals surface area contributed by atoms with Crippen molar-refractivity contribution >= 4 is 22.6 Å². The first kappa shape index (κ1) is 24.9. The molecule has 1 atom stereocenters. The Hall–Kier alpha value is -3.80. The van der Waals surface area contributed by atoms with Gasteiger partial charge in [-0.3, -0.25) is 4.79 Å². The SMILES string of the molecule is CCOc1ccccc1N1C[C@@H](c2nc3ccccc3n2CCCCOc2c(C)cccc2C)CC1=O. The number of anilines is 1. The molecule has 192 valence electrons. The lowest BCUT2D eigenvalue weighted by atomic mass is 10.1. The first-order valence-electron chi connectivity index (χ1n) is 13.2. The van der Waals surface area contributed by atoms with Gasteiger partial charge < -0.3 is 18.9 Å². The lowest BCUT2D eigenvalue weighted by Crippen LogP contribution is -2.25. The fraction of sp³-hybridized carbons (Fsp3) is 0.355. The highest BCUT2D eigenvalue weighted by atomic mass is 16.5. The second kappa shape index (κ2) is 11.1. The zero-order valence-electron chi connectivity index (χ0n) is 21.9. The van der Waals surface area contributed by atoms with Crippen molar-refractivity contribution in [2.75, 3.05) is 24.7 Å². The predicted molar refractivity (Wildman–Crippen MR) is 148 cm³/mol. The van der Waals surface area contributed by atoms with Gasteiger partial charge in [0.15, 0.2) is 0 Å². The molecule has 0 unspecified atom stereocenters. The highest BCUT2D eigenvalue weighted by molar-refractivity contribution is 5.97. The molecule has 6 heteroatoms. The number of rotatable bonds is 10. The average Bonchev–Trinajstić information content (AvgIpc) is 3.46. The Morgan fingerprint density at radius 2 is 1.68 bits per heavy atom. The molecule has 4 aromatic rings. The molecule has 3 aromatic carbocycles. The van der Waals surface area contributed by atoms with Crippen molar-refractivity contribution in [2.45, 2.75) is 52.5 Å². The molecule has 0 aliphatic carbocycles. The fourth-order valence-electron chi connectivity index (χ4n) is 5.28. The molecule has 1 aromatic heterocycles. The molecule has 6 nitrogen and oxygen atoms in total. The maximum Gasteiger partial charge on any atom is 0.227 e. The Labute approximate surface area is 218 Å². The number of fused-ring (bicyclic) bond motifs is 1. The number of aromatic nitrogens is 2. The standard InChI is InChI=1S/C31H35N3O3/c1-4-36-28-17-8-7-16-27(28)34-21-24(20-29(34)35)31-32-25-14-5-6-15-26(25)33(31)18-9-10-19-37-30-22(2)12-11-13-23(30)3/h5-8,11-17,24H,4,9-10,18-21H2,1-3H3/t24-/m0/s1. The summed E-state index contributed by atoms with van der Waals surface area (Å²) in [6.45, 7) is 8.81. The van der Waals surface area contributed by atoms with E-state index < -0.39 is 0 Å². The fourth-order valence-corrected chi connectivity index (χ4v) is 5.28. The number of hydrogen-bond acceptors (Lipinski definition) is 4. The molecule has 0 bridgehead atoms. The predicted octanol–water partition coefficient (Wildman–Crippen LogP) is 6.43. The van der Waals surface area contributed by atoms with Crippen molar-refractivity contribution < 1.29 is 14.3 Å². The van der Waals surface area contributed by atoms with Crippen LogP contribution in [0, 0.1) is 13.8 Å². The number of unbranched alkanes of at least 4 members (excludes halogenated alkanes) is 1. The van der Waals surface area contributed by atoms with E-state index in [2.05, 4.69) is 54.8 Å². The van der Waals surface area contributed by atoms with E-state index in [0.717, 1.165) is 53.4 Å². The lowest BCUT2D eigenvalue weighted by Gasteiger charge is -2.20. The molecule has 1 aliphatic rings. The molecule has 5 rings (SSSR count). The van der Waals surface area contributed by atoms with E-state index in [0.29, 0.717) is 26.2 Å². The van der Waals surface area contributed by atoms with E-state index in [1.807, 2.05) is 42.2 Å². The number of carbonyl (C=O) groups excluding carboxylic acids is 1. The van der Waals surface area contributed by atoms with Crippen LogP contribution in [-0.4, -0.2) is 35.2 Å². The summed E-state index contributed by atoms with van der Waals surface area (Å²) in [6.07, 6.45) is 2.35. The Morgan fingerprint density at radius 1 is 0.919 bits per heavy atom. The second-order valence-electron chi connectivity index (χ2n) is 9.69. The van der Waals surface area contributed by atoms with Gasteiger partial charge in [0.1, 0.15) is 17.3 Å². The molecule has 0 N–H and O–H groups in total. The van der Waals surface area contributed by atoms with Crippen LogP contribution in [0.2, 0.25) is 0 Å². The van der Waals surface area contributed by atoms with Gasteiger partial charge >= 0.3 is 0 Å². The molecule has 37 heavy (non-hydrogen) atoms. The summed E-state index contributed by atoms with van der Waals surface area (Å²) in [6, 6.07) is 22.3. The minimum absolute atomic E-state index is 0.0282. The smallest absolute Gasteiger partial charge is 0.227 e. The zero-order chi connectivity index (χ0) is 25.8. The minimum atomic E-state index is 0.0282. The molecule has 1 aliphatic heterocycles. The maximum atomic E-state index is 13.1. The summed E-state index contributed by atoms with van der Waals surface area (Å²) in [5, 5.41) is 0. The zero-order valence-corrected chi connectivity index (χ0v) is 21.9. The van der Waals surface area contributed by atoms with Crippen molar-refractivity contribution in [1.82, 2.24) is 9.55 Å².